The topological polar surface area (TPSA) is 74.6 Å². The molecule has 0 aliphatic rings. The zero-order chi connectivity index (χ0) is 10.7. The predicted octanol–water partition coefficient (Wildman–Crippen LogP) is 2.15. The van der Waals surface area contributed by atoms with E-state index < -0.39 is 17.9 Å². The summed E-state index contributed by atoms with van der Waals surface area (Å²) in [4.78, 5) is 21.7. The van der Waals surface area contributed by atoms with Gasteiger partial charge in [-0.3, -0.25) is 9.59 Å². The number of thiophene rings is 1. The Labute approximate surface area is 92.3 Å². The molecule has 76 valence electrons. The summed E-state index contributed by atoms with van der Waals surface area (Å²) in [5.41, 5.74) is 0. The van der Waals surface area contributed by atoms with Gasteiger partial charge in [-0.2, -0.15) is 0 Å². The maximum absolute atomic E-state index is 10.8. The maximum Gasteiger partial charge on any atom is 0.312 e. The smallest absolute Gasteiger partial charge is 0.312 e. The molecular formula is C8H7BrO4S. The highest BCUT2D eigenvalue weighted by Gasteiger charge is 2.24. The van der Waals surface area contributed by atoms with E-state index in [2.05, 4.69) is 15.9 Å². The van der Waals surface area contributed by atoms with Gasteiger partial charge in [0.05, 0.1) is 10.2 Å². The van der Waals surface area contributed by atoms with Crippen molar-refractivity contribution in [3.05, 3.63) is 20.8 Å². The van der Waals surface area contributed by atoms with Crippen LogP contribution in [-0.4, -0.2) is 22.2 Å². The first-order chi connectivity index (χ1) is 6.50. The molecule has 1 heterocycles. The fraction of sp³-hybridized carbons (Fsp3) is 0.250. The van der Waals surface area contributed by atoms with Crippen LogP contribution >= 0.6 is 27.3 Å². The van der Waals surface area contributed by atoms with Gasteiger partial charge in [0.25, 0.3) is 0 Å². The molecule has 1 rings (SSSR count). The molecule has 1 aromatic rings. The van der Waals surface area contributed by atoms with Gasteiger partial charge in [-0.25, -0.2) is 0 Å². The lowest BCUT2D eigenvalue weighted by molar-refractivity contribution is -0.145. The molecule has 1 unspecified atom stereocenters. The Kier molecular flexibility index (Phi) is 3.65. The minimum atomic E-state index is -1.11. The number of halogens is 1. The summed E-state index contributed by atoms with van der Waals surface area (Å²) in [7, 11) is 0. The van der Waals surface area contributed by atoms with Crippen molar-refractivity contribution in [2.24, 2.45) is 0 Å². The minimum absolute atomic E-state index is 0.387. The Morgan fingerprint density at radius 3 is 2.43 bits per heavy atom. The monoisotopic (exact) mass is 278 g/mol. The second-order valence-electron chi connectivity index (χ2n) is 2.63. The minimum Gasteiger partial charge on any atom is -0.481 e. The molecule has 0 saturated heterocycles. The van der Waals surface area contributed by atoms with Crippen molar-refractivity contribution in [3.8, 4) is 0 Å². The normalized spacial score (nSPS) is 12.4. The van der Waals surface area contributed by atoms with E-state index in [0.29, 0.717) is 4.88 Å². The van der Waals surface area contributed by atoms with Gasteiger partial charge >= 0.3 is 11.9 Å². The lowest BCUT2D eigenvalue weighted by Crippen LogP contribution is -2.14. The van der Waals surface area contributed by atoms with E-state index in [9.17, 15) is 9.59 Å². The van der Waals surface area contributed by atoms with Crippen LogP contribution in [0.25, 0.3) is 0 Å². The first kappa shape index (κ1) is 11.2. The number of carbonyl (C=O) groups is 2. The highest BCUT2D eigenvalue weighted by molar-refractivity contribution is 9.11. The molecule has 0 aromatic carbocycles. The van der Waals surface area contributed by atoms with Gasteiger partial charge in [0.1, 0.15) is 5.92 Å². The molecule has 4 nitrogen and oxygen atoms in total. The average Bonchev–Trinajstić information content (AvgIpc) is 2.46. The number of aliphatic carboxylic acids is 2. The molecule has 1 atom stereocenters. The number of hydrogen-bond acceptors (Lipinski definition) is 3. The second kappa shape index (κ2) is 4.56. The van der Waals surface area contributed by atoms with Crippen molar-refractivity contribution in [2.45, 2.75) is 12.3 Å². The van der Waals surface area contributed by atoms with Gasteiger partial charge in [-0.15, -0.1) is 11.3 Å². The van der Waals surface area contributed by atoms with Crippen LogP contribution < -0.4 is 0 Å². The molecule has 2 N–H and O–H groups in total. The molecule has 0 aliphatic heterocycles. The van der Waals surface area contributed by atoms with E-state index in [1.54, 1.807) is 12.1 Å². The van der Waals surface area contributed by atoms with Crippen molar-refractivity contribution >= 4 is 39.2 Å². The molecule has 14 heavy (non-hydrogen) atoms. The molecule has 0 spiro atoms. The summed E-state index contributed by atoms with van der Waals surface area (Å²) in [5.74, 6) is -3.17. The Morgan fingerprint density at radius 2 is 2.07 bits per heavy atom. The van der Waals surface area contributed by atoms with E-state index in [1.807, 2.05) is 0 Å². The number of carboxylic acid groups (broad SMARTS) is 2. The third kappa shape index (κ3) is 2.81. The molecule has 0 bridgehead atoms. The van der Waals surface area contributed by atoms with Crippen LogP contribution in [0.2, 0.25) is 0 Å². The quantitative estimate of drug-likeness (QED) is 0.885. The predicted molar refractivity (Wildman–Crippen MR) is 54.6 cm³/mol. The third-order valence-corrected chi connectivity index (χ3v) is 3.35. The number of hydrogen-bond donors (Lipinski definition) is 2. The maximum atomic E-state index is 10.8. The van der Waals surface area contributed by atoms with E-state index >= 15 is 0 Å². The van der Waals surface area contributed by atoms with Crippen molar-refractivity contribution in [1.29, 1.82) is 0 Å². The van der Waals surface area contributed by atoms with Crippen LogP contribution in [0.15, 0.2) is 15.9 Å². The van der Waals surface area contributed by atoms with E-state index in [-0.39, 0.29) is 6.42 Å². The van der Waals surface area contributed by atoms with E-state index in [0.717, 1.165) is 3.79 Å². The zero-order valence-electron chi connectivity index (χ0n) is 6.94. The lowest BCUT2D eigenvalue weighted by atomic mass is 10.0. The second-order valence-corrected chi connectivity index (χ2v) is 5.13. The third-order valence-electron chi connectivity index (χ3n) is 1.61. The van der Waals surface area contributed by atoms with Crippen LogP contribution in [0.5, 0.6) is 0 Å². The number of rotatable bonds is 4. The van der Waals surface area contributed by atoms with Crippen LogP contribution in [0.1, 0.15) is 17.2 Å². The average molecular weight is 279 g/mol. The number of carboxylic acids is 2. The van der Waals surface area contributed by atoms with Gasteiger partial charge in [-0.1, -0.05) is 0 Å². The van der Waals surface area contributed by atoms with Crippen molar-refractivity contribution < 1.29 is 19.8 Å². The molecule has 0 aliphatic carbocycles. The fourth-order valence-corrected chi connectivity index (χ4v) is 2.52. The summed E-state index contributed by atoms with van der Waals surface area (Å²) in [6.07, 6.45) is -0.387. The van der Waals surface area contributed by atoms with Gasteiger partial charge < -0.3 is 10.2 Å². The summed E-state index contributed by atoms with van der Waals surface area (Å²) < 4.78 is 0.795. The fourth-order valence-electron chi connectivity index (χ4n) is 1.000. The summed E-state index contributed by atoms with van der Waals surface area (Å²) in [5, 5.41) is 17.3. The van der Waals surface area contributed by atoms with Gasteiger partial charge in [0.2, 0.25) is 0 Å². The van der Waals surface area contributed by atoms with Crippen LogP contribution in [-0.2, 0) is 9.59 Å². The highest BCUT2D eigenvalue weighted by Crippen LogP contribution is 2.30. The van der Waals surface area contributed by atoms with Gasteiger partial charge in [0, 0.05) is 4.88 Å². The Hall–Kier alpha value is -0.880. The standard InChI is InChI=1S/C8H7BrO4S/c9-6-2-1-5(14-6)4(8(12)13)3-7(10)11/h1-2,4H,3H2,(H,10,11)(H,12,13). The van der Waals surface area contributed by atoms with Crippen molar-refractivity contribution in [2.75, 3.05) is 0 Å². The first-order valence-corrected chi connectivity index (χ1v) is 5.31. The van der Waals surface area contributed by atoms with E-state index in [1.165, 1.54) is 11.3 Å². The highest BCUT2D eigenvalue weighted by atomic mass is 79.9. The molecule has 0 fully saturated rings. The van der Waals surface area contributed by atoms with Crippen LogP contribution in [0, 0.1) is 0 Å². The Balaban J connectivity index is 2.88. The first-order valence-electron chi connectivity index (χ1n) is 3.70. The largest absolute Gasteiger partial charge is 0.481 e. The molecule has 0 amide bonds. The molecule has 6 heteroatoms. The summed E-state index contributed by atoms with van der Waals surface area (Å²) in [6.45, 7) is 0. The molecule has 1 aromatic heterocycles. The van der Waals surface area contributed by atoms with E-state index in [4.69, 9.17) is 10.2 Å². The van der Waals surface area contributed by atoms with Crippen LogP contribution in [0.4, 0.5) is 0 Å². The van der Waals surface area contributed by atoms with Crippen molar-refractivity contribution in [1.82, 2.24) is 0 Å². The Bertz CT molecular complexity index is 360. The lowest BCUT2D eigenvalue weighted by Gasteiger charge is -2.06. The Morgan fingerprint density at radius 1 is 1.43 bits per heavy atom. The van der Waals surface area contributed by atoms with Gasteiger partial charge in [0.15, 0.2) is 0 Å². The van der Waals surface area contributed by atoms with Gasteiger partial charge in [-0.05, 0) is 28.1 Å². The molecule has 0 radical (unpaired) electrons. The van der Waals surface area contributed by atoms with Crippen LogP contribution in [0.3, 0.4) is 0 Å². The summed E-state index contributed by atoms with van der Waals surface area (Å²) >= 11 is 4.43. The zero-order valence-corrected chi connectivity index (χ0v) is 9.34. The summed E-state index contributed by atoms with van der Waals surface area (Å²) in [6, 6.07) is 3.33. The van der Waals surface area contributed by atoms with Crippen molar-refractivity contribution in [3.63, 3.8) is 0 Å². The molecular weight excluding hydrogens is 272 g/mol. The SMILES string of the molecule is O=C(O)CC(C(=O)O)c1ccc(Br)s1. The molecule has 0 saturated carbocycles.